The summed E-state index contributed by atoms with van der Waals surface area (Å²) in [5.41, 5.74) is -1.27. The number of carbonyl (C=O) groups is 2. The highest BCUT2D eigenvalue weighted by molar-refractivity contribution is 6.02. The fourth-order valence-electron chi connectivity index (χ4n) is 3.47. The first-order valence-electron chi connectivity index (χ1n) is 10.1. The third kappa shape index (κ3) is 5.08. The van der Waals surface area contributed by atoms with Crippen LogP contribution in [0.15, 0.2) is 60.8 Å². The molecule has 1 saturated heterocycles. The normalized spacial score (nSPS) is 14.2. The van der Waals surface area contributed by atoms with Gasteiger partial charge < -0.3 is 15.1 Å². The van der Waals surface area contributed by atoms with E-state index >= 15 is 0 Å². The van der Waals surface area contributed by atoms with Crippen molar-refractivity contribution >= 4 is 23.5 Å². The van der Waals surface area contributed by atoms with Gasteiger partial charge in [-0.3, -0.25) is 9.59 Å². The van der Waals surface area contributed by atoms with Gasteiger partial charge in [0.25, 0.3) is 11.8 Å². The molecule has 0 bridgehead atoms. The van der Waals surface area contributed by atoms with E-state index < -0.39 is 23.6 Å². The van der Waals surface area contributed by atoms with E-state index in [0.29, 0.717) is 31.1 Å². The first kappa shape index (κ1) is 22.2. The Hall–Kier alpha value is -4.02. The fraction of sp³-hybridized carbons (Fsp3) is 0.227. The molecule has 8 nitrogen and oxygen atoms in total. The molecule has 0 unspecified atom stereocenters. The largest absolute Gasteiger partial charge is 0.417 e. The molecule has 3 aromatic rings. The number of benzene rings is 1. The number of nitrogens with one attached hydrogen (secondary N) is 1. The lowest BCUT2D eigenvalue weighted by atomic mass is 10.1. The second kappa shape index (κ2) is 9.23. The summed E-state index contributed by atoms with van der Waals surface area (Å²) in [6.45, 7) is 0.914. The van der Waals surface area contributed by atoms with Crippen LogP contribution >= 0.6 is 0 Å². The molecule has 170 valence electrons. The minimum Gasteiger partial charge on any atom is -0.337 e. The Morgan fingerprint density at radius 2 is 1.73 bits per heavy atom. The van der Waals surface area contributed by atoms with E-state index in [4.69, 9.17) is 0 Å². The van der Waals surface area contributed by atoms with Crippen molar-refractivity contribution in [1.29, 1.82) is 0 Å². The highest BCUT2D eigenvalue weighted by Crippen LogP contribution is 2.32. The van der Waals surface area contributed by atoms with Gasteiger partial charge in [0, 0.05) is 19.3 Å². The summed E-state index contributed by atoms with van der Waals surface area (Å²) in [7, 11) is 0. The molecule has 2 aromatic heterocycles. The van der Waals surface area contributed by atoms with Gasteiger partial charge in [-0.25, -0.2) is 4.98 Å². The average molecular weight is 456 g/mol. The van der Waals surface area contributed by atoms with Crippen LogP contribution in [-0.4, -0.2) is 51.7 Å². The summed E-state index contributed by atoms with van der Waals surface area (Å²) in [4.78, 5) is 32.2. The van der Waals surface area contributed by atoms with E-state index in [1.54, 1.807) is 35.4 Å². The molecule has 0 spiro atoms. The highest BCUT2D eigenvalue weighted by Gasteiger charge is 2.36. The lowest BCUT2D eigenvalue weighted by Crippen LogP contribution is -2.48. The zero-order valence-corrected chi connectivity index (χ0v) is 17.3. The number of hydrogen-bond acceptors (Lipinski definition) is 6. The lowest BCUT2D eigenvalue weighted by Gasteiger charge is -2.36. The van der Waals surface area contributed by atoms with Gasteiger partial charge in [0.15, 0.2) is 11.5 Å². The molecular formula is C22H19F3N6O2. The second-order valence-electron chi connectivity index (χ2n) is 7.32. The van der Waals surface area contributed by atoms with Crippen molar-refractivity contribution in [3.05, 3.63) is 77.6 Å². The molecule has 4 rings (SSSR count). The van der Waals surface area contributed by atoms with Gasteiger partial charge in [-0.1, -0.05) is 18.2 Å². The molecule has 1 aromatic carbocycles. The molecule has 2 amide bonds. The Labute approximate surface area is 187 Å². The molecule has 1 fully saturated rings. The van der Waals surface area contributed by atoms with E-state index in [0.717, 1.165) is 6.07 Å². The van der Waals surface area contributed by atoms with Crippen molar-refractivity contribution in [2.75, 3.05) is 30.0 Å². The van der Waals surface area contributed by atoms with Crippen LogP contribution in [0.1, 0.15) is 32.8 Å². The van der Waals surface area contributed by atoms with E-state index in [1.807, 2.05) is 0 Å². The Bertz CT molecular complexity index is 1140. The summed E-state index contributed by atoms with van der Waals surface area (Å²) in [5.74, 6) is -0.400. The molecule has 1 aliphatic heterocycles. The first-order chi connectivity index (χ1) is 15.8. The predicted octanol–water partition coefficient (Wildman–Crippen LogP) is 3.45. The summed E-state index contributed by atoms with van der Waals surface area (Å²) < 4.78 is 40.0. The van der Waals surface area contributed by atoms with Gasteiger partial charge in [-0.05, 0) is 42.8 Å². The van der Waals surface area contributed by atoms with Gasteiger partial charge >= 0.3 is 6.18 Å². The summed E-state index contributed by atoms with van der Waals surface area (Å²) >= 11 is 0. The zero-order valence-electron chi connectivity index (χ0n) is 17.3. The van der Waals surface area contributed by atoms with Crippen molar-refractivity contribution in [3.8, 4) is 0 Å². The maximum atomic E-state index is 13.3. The molecule has 0 saturated carbocycles. The van der Waals surface area contributed by atoms with Crippen LogP contribution in [0.2, 0.25) is 0 Å². The van der Waals surface area contributed by atoms with Crippen molar-refractivity contribution in [3.63, 3.8) is 0 Å². The molecule has 0 atom stereocenters. The van der Waals surface area contributed by atoms with E-state index in [9.17, 15) is 22.8 Å². The number of hydrogen-bond donors (Lipinski definition) is 1. The number of halogens is 3. The fourth-order valence-corrected chi connectivity index (χ4v) is 3.47. The Morgan fingerprint density at radius 3 is 2.42 bits per heavy atom. The van der Waals surface area contributed by atoms with Gasteiger partial charge in [0.1, 0.15) is 5.82 Å². The number of alkyl halides is 3. The maximum absolute atomic E-state index is 13.3. The van der Waals surface area contributed by atoms with Crippen molar-refractivity contribution < 1.29 is 22.8 Å². The topological polar surface area (TPSA) is 91.3 Å². The standard InChI is InChI=1S/C22H19F3N6O2/c23-22(24,25)16-7-2-1-6-15(16)21(33)31-13-5-12-30(14-31)19-10-9-17(28-29-19)20(32)27-18-8-3-4-11-26-18/h1-4,6-11H,5,12-14H2,(H,26,27,32). The van der Waals surface area contributed by atoms with Gasteiger partial charge in [-0.15, -0.1) is 10.2 Å². The van der Waals surface area contributed by atoms with Crippen LogP contribution in [0.25, 0.3) is 0 Å². The number of nitrogens with zero attached hydrogens (tertiary/aromatic N) is 5. The van der Waals surface area contributed by atoms with Crippen molar-refractivity contribution in [1.82, 2.24) is 20.1 Å². The molecular weight excluding hydrogens is 437 g/mol. The smallest absolute Gasteiger partial charge is 0.337 e. The zero-order chi connectivity index (χ0) is 23.4. The van der Waals surface area contributed by atoms with E-state index in [-0.39, 0.29) is 17.9 Å². The Morgan fingerprint density at radius 1 is 0.939 bits per heavy atom. The number of aromatic nitrogens is 3. The predicted molar refractivity (Wildman–Crippen MR) is 114 cm³/mol. The number of anilines is 2. The molecule has 0 aliphatic carbocycles. The number of pyridine rings is 1. The summed E-state index contributed by atoms with van der Waals surface area (Å²) in [6.07, 6.45) is -2.54. The van der Waals surface area contributed by atoms with Crippen LogP contribution in [0.4, 0.5) is 24.8 Å². The van der Waals surface area contributed by atoms with Crippen LogP contribution < -0.4 is 10.2 Å². The van der Waals surface area contributed by atoms with Gasteiger partial charge in [0.05, 0.1) is 17.8 Å². The summed E-state index contributed by atoms with van der Waals surface area (Å²) in [6, 6.07) is 12.9. The molecule has 1 N–H and O–H groups in total. The molecule has 11 heteroatoms. The van der Waals surface area contributed by atoms with Crippen LogP contribution in [0.5, 0.6) is 0 Å². The van der Waals surface area contributed by atoms with Crippen LogP contribution in [0.3, 0.4) is 0 Å². The van der Waals surface area contributed by atoms with Gasteiger partial charge in [-0.2, -0.15) is 13.2 Å². The SMILES string of the molecule is O=C(Nc1ccccn1)c1ccc(N2CCCN(C(=O)c3ccccc3C(F)(F)F)C2)nn1. The molecule has 3 heterocycles. The minimum atomic E-state index is -4.63. The third-order valence-electron chi connectivity index (χ3n) is 5.06. The van der Waals surface area contributed by atoms with E-state index in [1.165, 1.54) is 29.2 Å². The van der Waals surface area contributed by atoms with Crippen molar-refractivity contribution in [2.24, 2.45) is 0 Å². The summed E-state index contributed by atoms with van der Waals surface area (Å²) in [5, 5.41) is 10.6. The first-order valence-corrected chi connectivity index (χ1v) is 10.1. The van der Waals surface area contributed by atoms with Crippen LogP contribution in [-0.2, 0) is 6.18 Å². The molecule has 1 aliphatic rings. The lowest BCUT2D eigenvalue weighted by molar-refractivity contribution is -0.138. The monoisotopic (exact) mass is 456 g/mol. The second-order valence-corrected chi connectivity index (χ2v) is 7.32. The maximum Gasteiger partial charge on any atom is 0.417 e. The Kier molecular flexibility index (Phi) is 6.20. The number of carbonyl (C=O) groups excluding carboxylic acids is 2. The average Bonchev–Trinajstić information content (AvgIpc) is 2.84. The van der Waals surface area contributed by atoms with Crippen LogP contribution in [0, 0.1) is 0 Å². The van der Waals surface area contributed by atoms with E-state index in [2.05, 4.69) is 20.5 Å². The quantitative estimate of drug-likeness (QED) is 0.647. The van der Waals surface area contributed by atoms with Crippen molar-refractivity contribution in [2.45, 2.75) is 12.6 Å². The molecule has 0 radical (unpaired) electrons. The molecule has 33 heavy (non-hydrogen) atoms. The Balaban J connectivity index is 1.46. The third-order valence-corrected chi connectivity index (χ3v) is 5.06. The van der Waals surface area contributed by atoms with Gasteiger partial charge in [0.2, 0.25) is 0 Å². The highest BCUT2D eigenvalue weighted by atomic mass is 19.4. The minimum absolute atomic E-state index is 0.0547. The number of amides is 2. The number of rotatable bonds is 4.